The molecule has 0 radical (unpaired) electrons. The number of ether oxygens (including phenoxy) is 8. The largest absolute Gasteiger partial charge is 0.379 e. The van der Waals surface area contributed by atoms with Gasteiger partial charge in [-0.25, -0.2) is 4.98 Å². The maximum absolute atomic E-state index is 14.7. The zero-order valence-electron chi connectivity index (χ0n) is 48.1. The Morgan fingerprint density at radius 2 is 1.36 bits per heavy atom. The van der Waals surface area contributed by atoms with E-state index >= 15 is 0 Å². The van der Waals surface area contributed by atoms with Gasteiger partial charge < -0.3 is 69.0 Å². The summed E-state index contributed by atoms with van der Waals surface area (Å²) in [5.41, 5.74) is 6.54. The summed E-state index contributed by atoms with van der Waals surface area (Å²) in [6.07, 6.45) is 3.83. The van der Waals surface area contributed by atoms with E-state index < -0.39 is 30.1 Å². The van der Waals surface area contributed by atoms with Gasteiger partial charge in [-0.15, -0.1) is 11.3 Å². The van der Waals surface area contributed by atoms with Crippen molar-refractivity contribution < 1.29 is 57.1 Å². The molecule has 8 unspecified atom stereocenters. The van der Waals surface area contributed by atoms with Gasteiger partial charge in [-0.05, 0) is 42.6 Å². The van der Waals surface area contributed by atoms with Crippen LogP contribution in [0.1, 0.15) is 97.2 Å². The Kier molecular flexibility index (Phi) is 33.3. The molecule has 1 aliphatic rings. The van der Waals surface area contributed by atoms with Gasteiger partial charge in [-0.3, -0.25) is 19.2 Å². The number of rotatable bonds is 41. The molecule has 438 valence electrons. The fraction of sp³-hybridized carbons (Fsp3) is 0.750. The molecule has 3 rings (SSSR count). The van der Waals surface area contributed by atoms with Crippen LogP contribution in [0.5, 0.6) is 0 Å². The summed E-state index contributed by atoms with van der Waals surface area (Å²) in [6, 6.07) is 7.60. The molecule has 4 N–H and O–H groups in total. The number of thiazole rings is 1. The predicted octanol–water partition coefficient (Wildman–Crippen LogP) is 5.34. The van der Waals surface area contributed by atoms with Crippen LogP contribution in [0.2, 0.25) is 0 Å². The minimum absolute atomic E-state index is 0.0332. The average molecular weight is 1120 g/mol. The van der Waals surface area contributed by atoms with Crippen LogP contribution in [0.3, 0.4) is 0 Å². The van der Waals surface area contributed by atoms with Crippen molar-refractivity contribution in [2.45, 2.75) is 129 Å². The zero-order valence-corrected chi connectivity index (χ0v) is 49.7. The second kappa shape index (κ2) is 38.0. The monoisotopic (exact) mass is 1120 g/mol. The predicted molar refractivity (Wildman–Crippen MR) is 304 cm³/mol. The lowest BCUT2D eigenvalue weighted by atomic mass is 9.89. The van der Waals surface area contributed by atoms with Crippen LogP contribution in [0.15, 0.2) is 41.9 Å². The Hall–Kier alpha value is -3.74. The van der Waals surface area contributed by atoms with Crippen molar-refractivity contribution in [3.63, 3.8) is 0 Å². The molecule has 1 aliphatic heterocycles. The van der Waals surface area contributed by atoms with E-state index in [-0.39, 0.29) is 85.6 Å². The molecular formula is C56H95N7O12S2. The number of benzene rings is 1. The van der Waals surface area contributed by atoms with Crippen LogP contribution in [0, 0.1) is 23.7 Å². The van der Waals surface area contributed by atoms with Gasteiger partial charge in [0.1, 0.15) is 17.1 Å². The van der Waals surface area contributed by atoms with Crippen molar-refractivity contribution in [2.24, 2.45) is 29.4 Å². The number of likely N-dealkylation sites (N-methyl/N-ethyl adjacent to an activating group) is 2. The number of hydrogen-bond acceptors (Lipinski definition) is 16. The van der Waals surface area contributed by atoms with E-state index in [1.165, 1.54) is 4.90 Å². The lowest BCUT2D eigenvalue weighted by Gasteiger charge is -2.41. The normalized spacial score (nSPS) is 16.9. The molecule has 2 heterocycles. The number of amides is 4. The van der Waals surface area contributed by atoms with Crippen molar-refractivity contribution in [1.82, 2.24) is 30.3 Å². The van der Waals surface area contributed by atoms with Crippen LogP contribution in [0.4, 0.5) is 0 Å². The van der Waals surface area contributed by atoms with Crippen LogP contribution >= 0.6 is 23.6 Å². The van der Waals surface area contributed by atoms with Crippen molar-refractivity contribution in [3.05, 3.63) is 52.5 Å². The fourth-order valence-electron chi connectivity index (χ4n) is 9.74. The van der Waals surface area contributed by atoms with Gasteiger partial charge in [0.05, 0.1) is 127 Å². The third-order valence-electron chi connectivity index (χ3n) is 14.1. The van der Waals surface area contributed by atoms with E-state index in [4.69, 9.17) is 55.8 Å². The highest BCUT2D eigenvalue weighted by Crippen LogP contribution is 2.31. The number of likely N-dealkylation sites (tertiary alicyclic amines) is 1. The van der Waals surface area contributed by atoms with Crippen molar-refractivity contribution >= 4 is 52.2 Å². The molecule has 1 fully saturated rings. The number of hydrogen-bond donors (Lipinski definition) is 3. The maximum atomic E-state index is 14.7. The molecule has 0 spiro atoms. The van der Waals surface area contributed by atoms with Crippen LogP contribution < -0.4 is 16.4 Å². The van der Waals surface area contributed by atoms with Crippen LogP contribution in [-0.2, 0) is 63.5 Å². The molecule has 1 saturated heterocycles. The van der Waals surface area contributed by atoms with Gasteiger partial charge in [0.15, 0.2) is 0 Å². The Morgan fingerprint density at radius 3 is 1.86 bits per heavy atom. The summed E-state index contributed by atoms with van der Waals surface area (Å²) < 4.78 is 45.3. The summed E-state index contributed by atoms with van der Waals surface area (Å²) in [6.45, 7) is 19.6. The number of aromatic nitrogens is 1. The van der Waals surface area contributed by atoms with Gasteiger partial charge in [-0.2, -0.15) is 0 Å². The number of nitrogens with one attached hydrogen (secondary N) is 2. The number of carbonyl (C=O) groups is 4. The second-order valence-corrected chi connectivity index (χ2v) is 21.7. The number of nitrogens with two attached hydrogens (primary N) is 1. The lowest BCUT2D eigenvalue weighted by Crippen LogP contribution is -2.60. The third-order valence-corrected chi connectivity index (χ3v) is 15.5. The lowest BCUT2D eigenvalue weighted by molar-refractivity contribution is -0.148. The van der Waals surface area contributed by atoms with Crippen molar-refractivity contribution in [1.29, 1.82) is 0 Å². The molecule has 2 aromatic rings. The molecule has 1 aromatic carbocycles. The van der Waals surface area contributed by atoms with E-state index in [1.54, 1.807) is 50.7 Å². The highest BCUT2D eigenvalue weighted by atomic mass is 32.1. The van der Waals surface area contributed by atoms with E-state index in [0.717, 1.165) is 23.4 Å². The highest BCUT2D eigenvalue weighted by molar-refractivity contribution is 7.80. The summed E-state index contributed by atoms with van der Waals surface area (Å²) in [5, 5.41) is 9.53. The second-order valence-electron chi connectivity index (χ2n) is 20.3. The van der Waals surface area contributed by atoms with Crippen LogP contribution in [0.25, 0.3) is 0 Å². The first kappa shape index (κ1) is 67.5. The molecule has 4 amide bonds. The molecule has 0 bridgehead atoms. The van der Waals surface area contributed by atoms with Gasteiger partial charge in [-0.1, -0.05) is 97.4 Å². The Bertz CT molecular complexity index is 1960. The fourth-order valence-corrected chi connectivity index (χ4v) is 10.7. The van der Waals surface area contributed by atoms with E-state index in [1.807, 2.05) is 76.9 Å². The first-order valence-electron chi connectivity index (χ1n) is 27.6. The summed E-state index contributed by atoms with van der Waals surface area (Å²) in [4.78, 5) is 67.2. The Morgan fingerprint density at radius 1 is 0.792 bits per heavy atom. The zero-order chi connectivity index (χ0) is 56.7. The first-order valence-corrected chi connectivity index (χ1v) is 28.9. The summed E-state index contributed by atoms with van der Waals surface area (Å²) in [5.74, 6) is -1.97. The SMILES string of the molecule is CCC(C)C(C(CC(=O)N1CCC[C@H]1C(OC)C(C)C(=S)NC(Cc1ccccc1)c1nccs1)OC)N(C)C(=O)C(NC(=O)C(C(C)C)N(C)C(=O)CCOCCOCCOCCOCCOCCOCCN)C(C)C. The molecular weight excluding hydrogens is 1030 g/mol. The van der Waals surface area contributed by atoms with E-state index in [0.29, 0.717) is 97.0 Å². The number of nitrogens with zero attached hydrogens (tertiary/aromatic N) is 4. The minimum Gasteiger partial charge on any atom is -0.379 e. The number of methoxy groups -OCH3 is 2. The first-order chi connectivity index (χ1) is 37.0. The standard InChI is InChI=1S/C56H95N7O12S2/c1-12-41(6)51(46(68-10)38-48(65)63-23-16-19-45(63)52(69-11)42(7)54(76)59-44(55-58-22-36-77-55)37-43-17-14-13-15-18-43)62(9)56(67)49(39(2)3)60-53(66)50(40(4)5)61(8)47(64)20-24-70-26-28-72-30-32-74-34-35-75-33-31-73-29-27-71-25-21-57/h13-15,17-18,22,36,39-42,44-46,49-52H,12,16,19-21,23-35,37-38,57H2,1-11H3,(H,59,76)(H,60,66)/t41?,42?,44?,45-,46?,49?,50?,51?,52?/m0/s1. The minimum atomic E-state index is -0.922. The number of thiocarbonyl (C=S) groups is 1. The molecule has 0 saturated carbocycles. The van der Waals surface area contributed by atoms with E-state index in [2.05, 4.69) is 27.8 Å². The third kappa shape index (κ3) is 23.1. The molecule has 9 atom stereocenters. The molecule has 19 nitrogen and oxygen atoms in total. The topological polar surface area (TPSA) is 215 Å². The van der Waals surface area contributed by atoms with Gasteiger partial charge in [0.2, 0.25) is 23.6 Å². The highest BCUT2D eigenvalue weighted by Gasteiger charge is 2.43. The quantitative estimate of drug-likeness (QED) is 0.0567. The molecule has 77 heavy (non-hydrogen) atoms. The average Bonchev–Trinajstić information content (AvgIpc) is 4.15. The summed E-state index contributed by atoms with van der Waals surface area (Å²) in [7, 11) is 6.57. The Labute approximate surface area is 469 Å². The Balaban J connectivity index is 1.55. The molecule has 0 aliphatic carbocycles. The van der Waals surface area contributed by atoms with Crippen LogP contribution in [-0.4, -0.2) is 205 Å². The van der Waals surface area contributed by atoms with Crippen molar-refractivity contribution in [2.75, 3.05) is 121 Å². The maximum Gasteiger partial charge on any atom is 0.245 e. The number of carbonyl (C=O) groups excluding carboxylic acids is 4. The summed E-state index contributed by atoms with van der Waals surface area (Å²) >= 11 is 7.66. The molecule has 21 heteroatoms. The van der Waals surface area contributed by atoms with Gasteiger partial charge >= 0.3 is 0 Å². The molecule has 1 aromatic heterocycles. The van der Waals surface area contributed by atoms with E-state index in [9.17, 15) is 19.2 Å². The van der Waals surface area contributed by atoms with Gasteiger partial charge in [0, 0.05) is 58.9 Å². The van der Waals surface area contributed by atoms with Crippen molar-refractivity contribution in [3.8, 4) is 0 Å². The smallest absolute Gasteiger partial charge is 0.245 e. The van der Waals surface area contributed by atoms with Gasteiger partial charge in [0.25, 0.3) is 0 Å².